The van der Waals surface area contributed by atoms with E-state index < -0.39 is 14.2 Å². The lowest BCUT2D eigenvalue weighted by Gasteiger charge is -2.17. The summed E-state index contributed by atoms with van der Waals surface area (Å²) in [5.41, 5.74) is 0.846. The maximum Gasteiger partial charge on any atom is 0.151 e. The van der Waals surface area contributed by atoms with Gasteiger partial charge < -0.3 is 19.3 Å². The van der Waals surface area contributed by atoms with Crippen LogP contribution in [-0.2, 0) is 14.2 Å². The fraction of sp³-hybridized carbons (Fsp3) is 0.833. The molecule has 0 fully saturated rings. The van der Waals surface area contributed by atoms with Gasteiger partial charge in [-0.25, -0.2) is 0 Å². The van der Waals surface area contributed by atoms with Crippen LogP contribution in [0.15, 0.2) is 11.8 Å². The third-order valence-electron chi connectivity index (χ3n) is 2.69. The summed E-state index contributed by atoms with van der Waals surface area (Å²) in [5.74, 6) is 0. The molecule has 17 heavy (non-hydrogen) atoms. The fourth-order valence-corrected chi connectivity index (χ4v) is 2.18. The van der Waals surface area contributed by atoms with Crippen molar-refractivity contribution in [3.05, 3.63) is 11.8 Å². The van der Waals surface area contributed by atoms with E-state index in [9.17, 15) is 5.11 Å². The minimum atomic E-state index is -1.02. The Morgan fingerprint density at radius 2 is 2.06 bits per heavy atom. The van der Waals surface area contributed by atoms with Gasteiger partial charge in [-0.05, 0) is 18.5 Å². The molecule has 0 amide bonds. The van der Waals surface area contributed by atoms with Gasteiger partial charge >= 0.3 is 0 Å². The molecule has 100 valence electrons. The van der Waals surface area contributed by atoms with E-state index in [0.29, 0.717) is 6.61 Å². The molecule has 0 aliphatic carbocycles. The van der Waals surface area contributed by atoms with Gasteiger partial charge in [0.25, 0.3) is 0 Å². The van der Waals surface area contributed by atoms with E-state index in [-0.39, 0.29) is 12.9 Å². The highest BCUT2D eigenvalue weighted by Crippen LogP contribution is 2.18. The molecular weight excluding hydrogens is 236 g/mol. The number of aliphatic hydroxyl groups is 1. The Kier molecular flexibility index (Phi) is 5.65. The SMILES string of the molecule is CC1=CO[C@@H](COCOCC[Si](C)(C)C)[C@@H]1O. The van der Waals surface area contributed by atoms with E-state index in [1.54, 1.807) is 6.26 Å². The van der Waals surface area contributed by atoms with Crippen molar-refractivity contribution in [2.75, 3.05) is 20.0 Å². The summed E-state index contributed by atoms with van der Waals surface area (Å²) in [6, 6.07) is 1.14. The van der Waals surface area contributed by atoms with Crippen molar-refractivity contribution in [2.45, 2.75) is 44.8 Å². The molecule has 5 heteroatoms. The van der Waals surface area contributed by atoms with Gasteiger partial charge in [0, 0.05) is 14.7 Å². The molecule has 0 saturated carbocycles. The van der Waals surface area contributed by atoms with Crippen molar-refractivity contribution in [2.24, 2.45) is 0 Å². The van der Waals surface area contributed by atoms with E-state index in [4.69, 9.17) is 14.2 Å². The summed E-state index contributed by atoms with van der Waals surface area (Å²) in [4.78, 5) is 0. The number of aliphatic hydroxyl groups excluding tert-OH is 1. The summed E-state index contributed by atoms with van der Waals surface area (Å²) in [7, 11) is -1.02. The van der Waals surface area contributed by atoms with Crippen molar-refractivity contribution in [1.29, 1.82) is 0 Å². The summed E-state index contributed by atoms with van der Waals surface area (Å²) in [5, 5.41) is 9.66. The topological polar surface area (TPSA) is 47.9 Å². The summed E-state index contributed by atoms with van der Waals surface area (Å²) < 4.78 is 16.0. The lowest BCUT2D eigenvalue weighted by atomic mass is 10.1. The zero-order chi connectivity index (χ0) is 12.9. The Labute approximate surface area is 105 Å². The van der Waals surface area contributed by atoms with Gasteiger partial charge in [0.2, 0.25) is 0 Å². The second kappa shape index (κ2) is 6.54. The molecule has 1 rings (SSSR count). The van der Waals surface area contributed by atoms with Crippen molar-refractivity contribution >= 4 is 8.07 Å². The Balaban J connectivity index is 1.99. The molecule has 0 aromatic heterocycles. The van der Waals surface area contributed by atoms with Crippen LogP contribution in [-0.4, -0.2) is 45.4 Å². The van der Waals surface area contributed by atoms with Gasteiger partial charge in [-0.1, -0.05) is 19.6 Å². The highest BCUT2D eigenvalue weighted by atomic mass is 28.3. The minimum Gasteiger partial charge on any atom is -0.492 e. The van der Waals surface area contributed by atoms with Crippen LogP contribution >= 0.6 is 0 Å². The van der Waals surface area contributed by atoms with E-state index in [1.165, 1.54) is 0 Å². The third-order valence-corrected chi connectivity index (χ3v) is 4.40. The molecule has 1 heterocycles. The molecule has 0 aromatic rings. The van der Waals surface area contributed by atoms with Crippen LogP contribution in [0, 0.1) is 0 Å². The summed E-state index contributed by atoms with van der Waals surface area (Å²) >= 11 is 0. The van der Waals surface area contributed by atoms with Crippen molar-refractivity contribution < 1.29 is 19.3 Å². The molecule has 0 aromatic carbocycles. The van der Waals surface area contributed by atoms with E-state index in [2.05, 4.69) is 19.6 Å². The number of rotatable bonds is 7. The normalized spacial score (nSPS) is 24.6. The Morgan fingerprint density at radius 3 is 2.59 bits per heavy atom. The Hall–Kier alpha value is -0.363. The smallest absolute Gasteiger partial charge is 0.151 e. The van der Waals surface area contributed by atoms with Crippen LogP contribution < -0.4 is 0 Å². The average molecular weight is 260 g/mol. The monoisotopic (exact) mass is 260 g/mol. The number of ether oxygens (including phenoxy) is 3. The second-order valence-corrected chi connectivity index (χ2v) is 11.3. The minimum absolute atomic E-state index is 0.274. The summed E-state index contributed by atoms with van der Waals surface area (Å²) in [6.45, 7) is 10.2. The predicted molar refractivity (Wildman–Crippen MR) is 69.6 cm³/mol. The van der Waals surface area contributed by atoms with Crippen LogP contribution in [0.25, 0.3) is 0 Å². The van der Waals surface area contributed by atoms with Gasteiger partial charge in [0.1, 0.15) is 12.9 Å². The van der Waals surface area contributed by atoms with Crippen LogP contribution in [0.3, 0.4) is 0 Å². The zero-order valence-corrected chi connectivity index (χ0v) is 12.2. The van der Waals surface area contributed by atoms with E-state index >= 15 is 0 Å². The predicted octanol–water partition coefficient (Wildman–Crippen LogP) is 1.98. The Bertz CT molecular complexity index is 260. The first kappa shape index (κ1) is 14.7. The van der Waals surface area contributed by atoms with Gasteiger partial charge in [0.05, 0.1) is 12.9 Å². The van der Waals surface area contributed by atoms with E-state index in [0.717, 1.165) is 18.2 Å². The highest BCUT2D eigenvalue weighted by Gasteiger charge is 2.27. The van der Waals surface area contributed by atoms with Crippen LogP contribution in [0.2, 0.25) is 25.7 Å². The first-order chi connectivity index (χ1) is 7.90. The van der Waals surface area contributed by atoms with Gasteiger partial charge in [0.15, 0.2) is 6.10 Å². The zero-order valence-electron chi connectivity index (χ0n) is 11.2. The van der Waals surface area contributed by atoms with Gasteiger partial charge in [-0.2, -0.15) is 0 Å². The molecule has 1 N–H and O–H groups in total. The second-order valence-electron chi connectivity index (χ2n) is 5.69. The molecule has 0 spiro atoms. The number of hydrogen-bond donors (Lipinski definition) is 1. The van der Waals surface area contributed by atoms with Gasteiger partial charge in [-0.15, -0.1) is 0 Å². The van der Waals surface area contributed by atoms with Crippen molar-refractivity contribution in [3.63, 3.8) is 0 Å². The molecular formula is C12H24O4Si. The first-order valence-corrected chi connectivity index (χ1v) is 9.76. The molecule has 4 nitrogen and oxygen atoms in total. The molecule has 0 unspecified atom stereocenters. The summed E-state index contributed by atoms with van der Waals surface area (Å²) in [6.07, 6.45) is 0.762. The quantitative estimate of drug-likeness (QED) is 0.432. The molecule has 0 radical (unpaired) electrons. The maximum absolute atomic E-state index is 9.66. The van der Waals surface area contributed by atoms with Crippen LogP contribution in [0.4, 0.5) is 0 Å². The van der Waals surface area contributed by atoms with Gasteiger partial charge in [-0.3, -0.25) is 0 Å². The number of hydrogen-bond acceptors (Lipinski definition) is 4. The molecule has 1 aliphatic heterocycles. The average Bonchev–Trinajstić information content (AvgIpc) is 2.53. The van der Waals surface area contributed by atoms with E-state index in [1.807, 2.05) is 6.92 Å². The largest absolute Gasteiger partial charge is 0.492 e. The molecule has 1 aliphatic rings. The molecule has 2 atom stereocenters. The molecule has 0 bridgehead atoms. The van der Waals surface area contributed by atoms with Crippen molar-refractivity contribution in [1.82, 2.24) is 0 Å². The standard InChI is InChI=1S/C12H24O4Si/c1-10-7-16-11(12(10)13)8-15-9-14-5-6-17(2,3)4/h7,11-13H,5-6,8-9H2,1-4H3/t11-,12+/m0/s1. The third kappa shape index (κ3) is 5.67. The Morgan fingerprint density at radius 1 is 1.35 bits per heavy atom. The van der Waals surface area contributed by atoms with Crippen LogP contribution in [0.5, 0.6) is 0 Å². The first-order valence-electron chi connectivity index (χ1n) is 6.06. The maximum atomic E-state index is 9.66. The van der Waals surface area contributed by atoms with Crippen LogP contribution in [0.1, 0.15) is 6.92 Å². The van der Waals surface area contributed by atoms with Crippen molar-refractivity contribution in [3.8, 4) is 0 Å². The lowest BCUT2D eigenvalue weighted by molar-refractivity contribution is -0.0883. The highest BCUT2D eigenvalue weighted by molar-refractivity contribution is 6.76. The lowest BCUT2D eigenvalue weighted by Crippen LogP contribution is -2.29. The fourth-order valence-electron chi connectivity index (χ4n) is 1.42. The molecule has 0 saturated heterocycles.